The zero-order chi connectivity index (χ0) is 22.7. The van der Waals surface area contributed by atoms with E-state index >= 15 is 0 Å². The fourth-order valence-electron chi connectivity index (χ4n) is 3.31. The Bertz CT molecular complexity index is 1090. The molecule has 5 nitrogen and oxygen atoms in total. The molecule has 168 valence electrons. The fraction of sp³-hybridized carbons (Fsp3) is 0.304. The SMILES string of the molecule is O=C(NC1CC1)c1coc(CN(Cc2cccc(C(F)(F)F)c2)Cc2ccccc2F)n1. The van der Waals surface area contributed by atoms with Crippen molar-refractivity contribution in [2.24, 2.45) is 0 Å². The zero-order valence-corrected chi connectivity index (χ0v) is 17.0. The molecule has 1 amide bonds. The molecule has 0 spiro atoms. The van der Waals surface area contributed by atoms with Gasteiger partial charge in [-0.05, 0) is 30.5 Å². The second kappa shape index (κ2) is 9.12. The van der Waals surface area contributed by atoms with Gasteiger partial charge in [0, 0.05) is 24.7 Å². The molecular weight excluding hydrogens is 426 g/mol. The van der Waals surface area contributed by atoms with Crippen LogP contribution in [0.15, 0.2) is 59.2 Å². The Balaban J connectivity index is 1.53. The molecule has 0 atom stereocenters. The van der Waals surface area contributed by atoms with E-state index in [1.54, 1.807) is 29.2 Å². The first kappa shape index (κ1) is 22.0. The van der Waals surface area contributed by atoms with Gasteiger partial charge in [-0.2, -0.15) is 13.2 Å². The van der Waals surface area contributed by atoms with Gasteiger partial charge in [0.1, 0.15) is 12.1 Å². The van der Waals surface area contributed by atoms with Gasteiger partial charge in [0.25, 0.3) is 5.91 Å². The number of alkyl halides is 3. The molecule has 0 radical (unpaired) electrons. The molecule has 0 unspecified atom stereocenters. The molecule has 32 heavy (non-hydrogen) atoms. The first-order valence-corrected chi connectivity index (χ1v) is 10.1. The molecule has 1 aliphatic rings. The molecule has 0 bridgehead atoms. The summed E-state index contributed by atoms with van der Waals surface area (Å²) in [5.41, 5.74) is 0.181. The summed E-state index contributed by atoms with van der Waals surface area (Å²) in [6.07, 6.45) is -1.34. The maximum atomic E-state index is 14.2. The molecule has 2 aromatic carbocycles. The van der Waals surface area contributed by atoms with Gasteiger partial charge in [-0.25, -0.2) is 9.37 Å². The summed E-state index contributed by atoms with van der Waals surface area (Å²) in [5, 5.41) is 2.81. The third-order valence-electron chi connectivity index (χ3n) is 5.07. The Morgan fingerprint density at radius 2 is 1.88 bits per heavy atom. The lowest BCUT2D eigenvalue weighted by Crippen LogP contribution is -2.26. The van der Waals surface area contributed by atoms with Crippen molar-refractivity contribution in [3.63, 3.8) is 0 Å². The molecule has 1 N–H and O–H groups in total. The molecule has 1 fully saturated rings. The number of carbonyl (C=O) groups excluding carboxylic acids is 1. The van der Waals surface area contributed by atoms with E-state index in [4.69, 9.17) is 4.42 Å². The van der Waals surface area contributed by atoms with Gasteiger partial charge in [0.2, 0.25) is 5.89 Å². The molecular formula is C23H21F4N3O2. The van der Waals surface area contributed by atoms with Crippen LogP contribution in [-0.2, 0) is 25.8 Å². The van der Waals surface area contributed by atoms with Crippen LogP contribution in [0.5, 0.6) is 0 Å². The number of benzene rings is 2. The van der Waals surface area contributed by atoms with Gasteiger partial charge in [0.15, 0.2) is 5.69 Å². The van der Waals surface area contributed by atoms with Gasteiger partial charge >= 0.3 is 6.18 Å². The van der Waals surface area contributed by atoms with Crippen molar-refractivity contribution in [2.45, 2.75) is 44.7 Å². The van der Waals surface area contributed by atoms with Crippen LogP contribution in [0.2, 0.25) is 0 Å². The van der Waals surface area contributed by atoms with Crippen molar-refractivity contribution in [1.29, 1.82) is 0 Å². The van der Waals surface area contributed by atoms with E-state index in [0.29, 0.717) is 11.1 Å². The van der Waals surface area contributed by atoms with Crippen LogP contribution in [0.3, 0.4) is 0 Å². The van der Waals surface area contributed by atoms with Crippen molar-refractivity contribution < 1.29 is 26.8 Å². The predicted octanol–water partition coefficient (Wildman–Crippen LogP) is 4.93. The number of halogens is 4. The number of nitrogens with zero attached hydrogens (tertiary/aromatic N) is 2. The molecule has 1 heterocycles. The maximum absolute atomic E-state index is 14.2. The van der Waals surface area contributed by atoms with Crippen LogP contribution >= 0.6 is 0 Å². The Hall–Kier alpha value is -3.20. The Labute approximate surface area is 182 Å². The van der Waals surface area contributed by atoms with E-state index in [9.17, 15) is 22.4 Å². The van der Waals surface area contributed by atoms with Crippen LogP contribution < -0.4 is 5.32 Å². The minimum Gasteiger partial charge on any atom is -0.447 e. The fourth-order valence-corrected chi connectivity index (χ4v) is 3.31. The quantitative estimate of drug-likeness (QED) is 0.498. The third-order valence-corrected chi connectivity index (χ3v) is 5.07. The monoisotopic (exact) mass is 447 g/mol. The van der Waals surface area contributed by atoms with Gasteiger partial charge in [-0.15, -0.1) is 0 Å². The topological polar surface area (TPSA) is 58.4 Å². The summed E-state index contributed by atoms with van der Waals surface area (Å²) in [6, 6.07) is 11.3. The number of aromatic nitrogens is 1. The maximum Gasteiger partial charge on any atom is 0.416 e. The van der Waals surface area contributed by atoms with E-state index < -0.39 is 17.6 Å². The zero-order valence-electron chi connectivity index (χ0n) is 17.0. The molecule has 1 aromatic heterocycles. The molecule has 1 aliphatic carbocycles. The van der Waals surface area contributed by atoms with Gasteiger partial charge in [0.05, 0.1) is 12.1 Å². The van der Waals surface area contributed by atoms with E-state index in [0.717, 1.165) is 25.0 Å². The first-order valence-electron chi connectivity index (χ1n) is 10.1. The average molecular weight is 447 g/mol. The van der Waals surface area contributed by atoms with E-state index in [2.05, 4.69) is 10.3 Å². The Morgan fingerprint density at radius 3 is 2.59 bits per heavy atom. The number of oxazole rings is 1. The van der Waals surface area contributed by atoms with Gasteiger partial charge in [-0.3, -0.25) is 9.69 Å². The predicted molar refractivity (Wildman–Crippen MR) is 108 cm³/mol. The van der Waals surface area contributed by atoms with Crippen LogP contribution in [-0.4, -0.2) is 21.8 Å². The first-order chi connectivity index (χ1) is 15.3. The second-order valence-electron chi connectivity index (χ2n) is 7.81. The summed E-state index contributed by atoms with van der Waals surface area (Å²) in [7, 11) is 0. The average Bonchev–Trinajstić information content (AvgIpc) is 3.43. The highest BCUT2D eigenvalue weighted by Gasteiger charge is 2.30. The van der Waals surface area contributed by atoms with Crippen molar-refractivity contribution in [3.05, 3.63) is 88.9 Å². The minimum absolute atomic E-state index is 0.0846. The smallest absolute Gasteiger partial charge is 0.416 e. The standard InChI is InChI=1S/C23H21F4N3O2/c24-19-7-2-1-5-16(19)12-30(11-15-4-3-6-17(10-15)23(25,26)27)13-21-29-20(14-32-21)22(31)28-18-8-9-18/h1-7,10,14,18H,8-9,11-13H2,(H,28,31). The number of carbonyl (C=O) groups is 1. The lowest BCUT2D eigenvalue weighted by molar-refractivity contribution is -0.137. The van der Waals surface area contributed by atoms with Crippen molar-refractivity contribution >= 4 is 5.91 Å². The lowest BCUT2D eigenvalue weighted by Gasteiger charge is -2.22. The number of amides is 1. The van der Waals surface area contributed by atoms with E-state index in [1.165, 1.54) is 18.4 Å². The molecule has 0 aliphatic heterocycles. The van der Waals surface area contributed by atoms with E-state index in [-0.39, 0.29) is 43.2 Å². The second-order valence-corrected chi connectivity index (χ2v) is 7.81. The van der Waals surface area contributed by atoms with Crippen molar-refractivity contribution in [2.75, 3.05) is 0 Å². The van der Waals surface area contributed by atoms with Crippen LogP contribution in [0.4, 0.5) is 17.6 Å². The molecule has 9 heteroatoms. The third kappa shape index (κ3) is 5.73. The number of rotatable bonds is 8. The van der Waals surface area contributed by atoms with Crippen LogP contribution in [0, 0.1) is 5.82 Å². The van der Waals surface area contributed by atoms with Crippen molar-refractivity contribution in [1.82, 2.24) is 15.2 Å². The summed E-state index contributed by atoms with van der Waals surface area (Å²) in [4.78, 5) is 18.1. The highest BCUT2D eigenvalue weighted by atomic mass is 19.4. The highest BCUT2D eigenvalue weighted by molar-refractivity contribution is 5.92. The summed E-state index contributed by atoms with van der Waals surface area (Å²) in [6.45, 7) is 0.306. The molecule has 1 saturated carbocycles. The number of hydrogen-bond donors (Lipinski definition) is 1. The minimum atomic E-state index is -4.46. The Morgan fingerprint density at radius 1 is 1.09 bits per heavy atom. The number of nitrogens with one attached hydrogen (secondary N) is 1. The van der Waals surface area contributed by atoms with E-state index in [1.807, 2.05) is 0 Å². The normalized spacial score (nSPS) is 14.0. The highest BCUT2D eigenvalue weighted by Crippen LogP contribution is 2.30. The van der Waals surface area contributed by atoms with Crippen LogP contribution in [0.1, 0.15) is 45.9 Å². The molecule has 0 saturated heterocycles. The summed E-state index contributed by atoms with van der Waals surface area (Å²) >= 11 is 0. The van der Waals surface area contributed by atoms with Crippen molar-refractivity contribution in [3.8, 4) is 0 Å². The summed E-state index contributed by atoms with van der Waals surface area (Å²) in [5.74, 6) is -0.534. The largest absolute Gasteiger partial charge is 0.447 e. The summed E-state index contributed by atoms with van der Waals surface area (Å²) < 4.78 is 58.9. The van der Waals surface area contributed by atoms with Gasteiger partial charge < -0.3 is 9.73 Å². The number of hydrogen-bond acceptors (Lipinski definition) is 4. The molecule has 3 aromatic rings. The van der Waals surface area contributed by atoms with Gasteiger partial charge in [-0.1, -0.05) is 36.4 Å². The van der Waals surface area contributed by atoms with Crippen LogP contribution in [0.25, 0.3) is 0 Å². The lowest BCUT2D eigenvalue weighted by atomic mass is 10.1. The Kier molecular flexibility index (Phi) is 6.27. The molecule has 4 rings (SSSR count).